The predicted octanol–water partition coefficient (Wildman–Crippen LogP) is 6.43. The van der Waals surface area contributed by atoms with Gasteiger partial charge in [-0.15, -0.1) is 0 Å². The molecule has 0 saturated carbocycles. The van der Waals surface area contributed by atoms with Gasteiger partial charge in [0.1, 0.15) is 0 Å². The molecule has 4 radical (unpaired) electrons. The fourth-order valence-electron chi connectivity index (χ4n) is 4.87. The molecule has 0 aliphatic heterocycles. The van der Waals surface area contributed by atoms with Crippen molar-refractivity contribution < 1.29 is 0 Å². The highest BCUT2D eigenvalue weighted by Gasteiger charge is 2.33. The number of hydrogen-bond donors (Lipinski definition) is 0. The van der Waals surface area contributed by atoms with Gasteiger partial charge in [-0.3, -0.25) is 4.98 Å². The van der Waals surface area contributed by atoms with Crippen LogP contribution in [0.3, 0.4) is 0 Å². The Balaban J connectivity index is 1.60. The van der Waals surface area contributed by atoms with Crippen LogP contribution in [-0.2, 0) is 5.21 Å². The molecular formula is C28H22B2N2. The molecule has 3 aromatic heterocycles. The first-order valence-electron chi connectivity index (χ1n) is 11.0. The van der Waals surface area contributed by atoms with E-state index in [2.05, 4.69) is 90.8 Å². The maximum atomic E-state index is 6.55. The van der Waals surface area contributed by atoms with Gasteiger partial charge in [0.15, 0.2) is 0 Å². The fourth-order valence-corrected chi connectivity index (χ4v) is 4.87. The van der Waals surface area contributed by atoms with Gasteiger partial charge in [-0.2, -0.15) is 0 Å². The van der Waals surface area contributed by atoms with Gasteiger partial charge < -0.3 is 4.40 Å². The maximum absolute atomic E-state index is 6.55. The zero-order valence-electron chi connectivity index (χ0n) is 18.6. The first-order chi connectivity index (χ1) is 15.3. The van der Waals surface area contributed by atoms with Crippen molar-refractivity contribution in [2.24, 2.45) is 5.41 Å². The Labute approximate surface area is 190 Å². The lowest BCUT2D eigenvalue weighted by atomic mass is 9.41. The van der Waals surface area contributed by atoms with Gasteiger partial charge in [0.2, 0.25) is 0 Å². The van der Waals surface area contributed by atoms with Gasteiger partial charge in [0.05, 0.1) is 37.9 Å². The number of aromatic nitrogens is 2. The van der Waals surface area contributed by atoms with Crippen LogP contribution in [0.25, 0.3) is 49.4 Å². The van der Waals surface area contributed by atoms with Crippen LogP contribution in [0.15, 0.2) is 79.0 Å². The first-order valence-corrected chi connectivity index (χ1v) is 11.0. The summed E-state index contributed by atoms with van der Waals surface area (Å²) >= 11 is 0. The van der Waals surface area contributed by atoms with Crippen LogP contribution >= 0.6 is 0 Å². The normalized spacial score (nSPS) is 13.1. The predicted molar refractivity (Wildman–Crippen MR) is 137 cm³/mol. The first kappa shape index (κ1) is 19.4. The quantitative estimate of drug-likeness (QED) is 0.302. The standard InChI is InChI=1S/C28H22B2N2/c1-27(2,3)28(29,30)18-13-14-31-23(16-18)17-11-12-25-22(15-17)21-9-6-8-20-19-7-4-5-10-24(19)32(25)26(20)21/h4-16H,1-3H3. The van der Waals surface area contributed by atoms with Crippen LogP contribution < -0.4 is 0 Å². The van der Waals surface area contributed by atoms with E-state index in [4.69, 9.17) is 15.7 Å². The minimum absolute atomic E-state index is 0.288. The van der Waals surface area contributed by atoms with Crippen molar-refractivity contribution in [2.75, 3.05) is 0 Å². The Morgan fingerprint density at radius 1 is 0.719 bits per heavy atom. The highest BCUT2D eigenvalue weighted by molar-refractivity contribution is 6.40. The van der Waals surface area contributed by atoms with Crippen molar-refractivity contribution in [1.82, 2.24) is 9.38 Å². The van der Waals surface area contributed by atoms with Crippen LogP contribution in [0.1, 0.15) is 26.3 Å². The third-order valence-corrected chi connectivity index (χ3v) is 7.00. The third-order valence-electron chi connectivity index (χ3n) is 7.00. The Morgan fingerprint density at radius 3 is 2.19 bits per heavy atom. The van der Waals surface area contributed by atoms with E-state index in [1.54, 1.807) is 6.20 Å². The summed E-state index contributed by atoms with van der Waals surface area (Å²) in [5.41, 5.74) is 6.25. The van der Waals surface area contributed by atoms with E-state index in [9.17, 15) is 0 Å². The van der Waals surface area contributed by atoms with Crippen molar-refractivity contribution in [3.63, 3.8) is 0 Å². The van der Waals surface area contributed by atoms with Crippen LogP contribution in [0.5, 0.6) is 0 Å². The van der Waals surface area contributed by atoms with E-state index in [-0.39, 0.29) is 5.41 Å². The number of fused-ring (bicyclic) bond motifs is 6. The minimum atomic E-state index is -0.954. The average molecular weight is 408 g/mol. The summed E-state index contributed by atoms with van der Waals surface area (Å²) in [4.78, 5) is 4.65. The molecule has 0 unspecified atom stereocenters. The molecule has 3 aromatic carbocycles. The van der Waals surface area contributed by atoms with Crippen LogP contribution in [0.4, 0.5) is 0 Å². The smallest absolute Gasteiger partial charge is 0.0704 e. The lowest BCUT2D eigenvalue weighted by molar-refractivity contribution is 0.358. The largest absolute Gasteiger partial charge is 0.308 e. The molecule has 0 N–H and O–H groups in total. The highest BCUT2D eigenvalue weighted by atomic mass is 14.9. The topological polar surface area (TPSA) is 17.3 Å². The number of para-hydroxylation sites is 2. The number of hydrogen-bond acceptors (Lipinski definition) is 1. The van der Waals surface area contributed by atoms with E-state index in [1.807, 2.05) is 12.1 Å². The Morgan fingerprint density at radius 2 is 1.41 bits per heavy atom. The summed E-state index contributed by atoms with van der Waals surface area (Å²) in [6.07, 6.45) is 1.80. The molecule has 6 rings (SSSR count). The van der Waals surface area contributed by atoms with Crippen molar-refractivity contribution >= 4 is 53.8 Å². The van der Waals surface area contributed by atoms with Gasteiger partial charge in [0, 0.05) is 33.3 Å². The Bertz CT molecular complexity index is 1640. The summed E-state index contributed by atoms with van der Waals surface area (Å²) < 4.78 is 2.38. The average Bonchev–Trinajstić information content (AvgIpc) is 3.30. The van der Waals surface area contributed by atoms with Crippen molar-refractivity contribution in [1.29, 1.82) is 0 Å². The second kappa shape index (κ2) is 6.38. The SMILES string of the molecule is [B]C([B])(c1ccnc(-c2ccc3c(c2)c2cccc4c5ccccc5n3c42)c1)C(C)(C)C. The summed E-state index contributed by atoms with van der Waals surface area (Å²) in [5, 5.41) is 4.11. The molecule has 150 valence electrons. The van der Waals surface area contributed by atoms with Gasteiger partial charge >= 0.3 is 0 Å². The third kappa shape index (κ3) is 2.53. The van der Waals surface area contributed by atoms with Crippen LogP contribution in [-0.4, -0.2) is 25.1 Å². The van der Waals surface area contributed by atoms with Gasteiger partial charge in [-0.25, -0.2) is 0 Å². The van der Waals surface area contributed by atoms with Crippen LogP contribution in [0, 0.1) is 5.41 Å². The summed E-state index contributed by atoms with van der Waals surface area (Å²) in [5.74, 6) is 0. The number of benzene rings is 3. The molecule has 2 nitrogen and oxygen atoms in total. The second-order valence-corrected chi connectivity index (χ2v) is 9.84. The molecule has 0 spiro atoms. The number of nitrogens with zero attached hydrogens (tertiary/aromatic N) is 2. The zero-order chi connectivity index (χ0) is 22.3. The lowest BCUT2D eigenvalue weighted by Crippen LogP contribution is -2.41. The molecule has 6 aromatic rings. The van der Waals surface area contributed by atoms with Crippen LogP contribution in [0.2, 0.25) is 0 Å². The van der Waals surface area contributed by atoms with E-state index < -0.39 is 5.21 Å². The van der Waals surface area contributed by atoms with E-state index in [1.165, 1.54) is 38.1 Å². The minimum Gasteiger partial charge on any atom is -0.308 e. The molecule has 0 saturated heterocycles. The van der Waals surface area contributed by atoms with Gasteiger partial charge in [-0.05, 0) is 35.7 Å². The molecule has 0 aliphatic rings. The van der Waals surface area contributed by atoms with Gasteiger partial charge in [-0.1, -0.05) is 74.0 Å². The molecule has 0 aliphatic carbocycles. The summed E-state index contributed by atoms with van der Waals surface area (Å²) in [6.45, 7) is 6.17. The Kier molecular flexibility index (Phi) is 3.88. The van der Waals surface area contributed by atoms with E-state index in [0.29, 0.717) is 0 Å². The van der Waals surface area contributed by atoms with E-state index >= 15 is 0 Å². The van der Waals surface area contributed by atoms with Crippen molar-refractivity contribution in [3.8, 4) is 11.3 Å². The van der Waals surface area contributed by atoms with Crippen molar-refractivity contribution in [2.45, 2.75) is 26.0 Å². The molecule has 32 heavy (non-hydrogen) atoms. The second-order valence-electron chi connectivity index (χ2n) is 9.84. The highest BCUT2D eigenvalue weighted by Crippen LogP contribution is 2.41. The fraction of sp³-hybridized carbons (Fsp3) is 0.179. The van der Waals surface area contributed by atoms with Crippen molar-refractivity contribution in [3.05, 3.63) is 84.6 Å². The molecular weight excluding hydrogens is 386 g/mol. The molecule has 0 bridgehead atoms. The molecule has 4 heteroatoms. The molecule has 0 fully saturated rings. The summed E-state index contributed by atoms with van der Waals surface area (Å²) in [6, 6.07) is 25.7. The zero-order valence-corrected chi connectivity index (χ0v) is 18.6. The molecule has 0 amide bonds. The Hall–Kier alpha value is -3.26. The number of rotatable bonds is 2. The van der Waals surface area contributed by atoms with Gasteiger partial charge in [0.25, 0.3) is 0 Å². The van der Waals surface area contributed by atoms with E-state index in [0.717, 1.165) is 16.8 Å². The monoisotopic (exact) mass is 408 g/mol. The lowest BCUT2D eigenvalue weighted by Gasteiger charge is -2.40. The molecule has 0 atom stereocenters. The summed E-state index contributed by atoms with van der Waals surface area (Å²) in [7, 11) is 13.1. The maximum Gasteiger partial charge on any atom is 0.0704 e. The number of pyridine rings is 1. The molecule has 3 heterocycles.